The van der Waals surface area contributed by atoms with Crippen molar-refractivity contribution in [3.63, 3.8) is 0 Å². The standard InChI is InChI=1S/C18H23N3/c1-17(2)9-12(10-18(3,4)11-17)15-13(19)5-6-14-16(15)21-8-7-20-14/h5-9H,10-11,19H2,1-4H3. The number of nitrogens with zero attached hydrogens (tertiary/aromatic N) is 2. The number of nitrogen functional groups attached to an aromatic ring is 1. The smallest absolute Gasteiger partial charge is 0.0982 e. The van der Waals surface area contributed by atoms with Crippen molar-refractivity contribution < 1.29 is 0 Å². The lowest BCUT2D eigenvalue weighted by Crippen LogP contribution is -2.27. The number of fused-ring (bicyclic) bond motifs is 1. The Labute approximate surface area is 126 Å². The van der Waals surface area contributed by atoms with Gasteiger partial charge in [0.25, 0.3) is 0 Å². The van der Waals surface area contributed by atoms with Gasteiger partial charge in [0.05, 0.1) is 11.0 Å². The van der Waals surface area contributed by atoms with Crippen molar-refractivity contribution in [3.05, 3.63) is 36.2 Å². The SMILES string of the molecule is CC1(C)C=C(c2c(N)ccc3nccnc23)CC(C)(C)C1. The first-order chi connectivity index (χ1) is 9.77. The summed E-state index contributed by atoms with van der Waals surface area (Å²) in [5.41, 5.74) is 11.7. The molecule has 0 amide bonds. The number of hydrogen-bond donors (Lipinski definition) is 1. The predicted octanol–water partition coefficient (Wildman–Crippen LogP) is 4.44. The Hall–Kier alpha value is -1.90. The highest BCUT2D eigenvalue weighted by molar-refractivity contribution is 5.94. The molecule has 2 N–H and O–H groups in total. The topological polar surface area (TPSA) is 51.8 Å². The van der Waals surface area contributed by atoms with E-state index < -0.39 is 0 Å². The first-order valence-electron chi connectivity index (χ1n) is 7.49. The minimum atomic E-state index is 0.175. The van der Waals surface area contributed by atoms with Gasteiger partial charge in [-0.1, -0.05) is 33.8 Å². The predicted molar refractivity (Wildman–Crippen MR) is 88.7 cm³/mol. The van der Waals surface area contributed by atoms with Crippen molar-refractivity contribution in [1.29, 1.82) is 0 Å². The molecule has 3 rings (SSSR count). The van der Waals surface area contributed by atoms with E-state index in [1.54, 1.807) is 12.4 Å². The first kappa shape index (κ1) is 14.1. The van der Waals surface area contributed by atoms with Crippen LogP contribution >= 0.6 is 0 Å². The Morgan fingerprint density at radius 1 is 1.05 bits per heavy atom. The van der Waals surface area contributed by atoms with E-state index in [1.165, 1.54) is 12.0 Å². The molecule has 0 saturated heterocycles. The fourth-order valence-electron chi connectivity index (χ4n) is 3.94. The minimum absolute atomic E-state index is 0.175. The van der Waals surface area contributed by atoms with Crippen LogP contribution in [0.1, 0.15) is 46.1 Å². The van der Waals surface area contributed by atoms with Gasteiger partial charge in [0.2, 0.25) is 0 Å². The summed E-state index contributed by atoms with van der Waals surface area (Å²) in [5.74, 6) is 0. The Bertz CT molecular complexity index is 726. The summed E-state index contributed by atoms with van der Waals surface area (Å²) in [4.78, 5) is 8.93. The third-order valence-corrected chi connectivity index (χ3v) is 4.16. The fourth-order valence-corrected chi connectivity index (χ4v) is 3.94. The van der Waals surface area contributed by atoms with E-state index >= 15 is 0 Å². The summed E-state index contributed by atoms with van der Waals surface area (Å²) < 4.78 is 0. The van der Waals surface area contributed by atoms with Gasteiger partial charge in [-0.2, -0.15) is 0 Å². The lowest BCUT2D eigenvalue weighted by atomic mass is 9.65. The third-order valence-electron chi connectivity index (χ3n) is 4.16. The molecular formula is C18H23N3. The molecule has 3 nitrogen and oxygen atoms in total. The van der Waals surface area contributed by atoms with Gasteiger partial charge in [-0.15, -0.1) is 0 Å². The Morgan fingerprint density at radius 3 is 2.48 bits per heavy atom. The van der Waals surface area contributed by atoms with Crippen molar-refractivity contribution in [2.45, 2.75) is 40.5 Å². The summed E-state index contributed by atoms with van der Waals surface area (Å²) in [6.07, 6.45) is 8.05. The summed E-state index contributed by atoms with van der Waals surface area (Å²) >= 11 is 0. The van der Waals surface area contributed by atoms with Crippen LogP contribution in [0.3, 0.4) is 0 Å². The highest BCUT2D eigenvalue weighted by Gasteiger charge is 2.34. The van der Waals surface area contributed by atoms with E-state index in [2.05, 4.69) is 43.7 Å². The van der Waals surface area contributed by atoms with Gasteiger partial charge in [-0.05, 0) is 41.4 Å². The summed E-state index contributed by atoms with van der Waals surface area (Å²) in [5, 5.41) is 0. The molecule has 1 aromatic heterocycles. The molecule has 0 unspecified atom stereocenters. The van der Waals surface area contributed by atoms with Gasteiger partial charge in [-0.3, -0.25) is 9.97 Å². The molecule has 21 heavy (non-hydrogen) atoms. The maximum atomic E-state index is 6.29. The zero-order valence-corrected chi connectivity index (χ0v) is 13.3. The molecule has 1 aliphatic carbocycles. The lowest BCUT2D eigenvalue weighted by molar-refractivity contribution is 0.229. The monoisotopic (exact) mass is 281 g/mol. The zero-order valence-electron chi connectivity index (χ0n) is 13.3. The number of hydrogen-bond acceptors (Lipinski definition) is 3. The number of anilines is 1. The summed E-state index contributed by atoms with van der Waals surface area (Å²) in [7, 11) is 0. The number of benzene rings is 1. The van der Waals surface area contributed by atoms with Crippen molar-refractivity contribution in [2.75, 3.05) is 5.73 Å². The van der Waals surface area contributed by atoms with Crippen molar-refractivity contribution in [2.24, 2.45) is 10.8 Å². The average molecular weight is 281 g/mol. The Morgan fingerprint density at radius 2 is 1.76 bits per heavy atom. The van der Waals surface area contributed by atoms with Crippen LogP contribution in [-0.4, -0.2) is 9.97 Å². The molecule has 0 aliphatic heterocycles. The second-order valence-corrected chi connectivity index (χ2v) is 7.63. The molecular weight excluding hydrogens is 258 g/mol. The largest absolute Gasteiger partial charge is 0.398 e. The number of aromatic nitrogens is 2. The van der Waals surface area contributed by atoms with Gasteiger partial charge in [0, 0.05) is 23.6 Å². The molecule has 0 saturated carbocycles. The maximum absolute atomic E-state index is 6.29. The van der Waals surface area contributed by atoms with Gasteiger partial charge in [0.1, 0.15) is 0 Å². The van der Waals surface area contributed by atoms with Gasteiger partial charge in [0.15, 0.2) is 0 Å². The van der Waals surface area contributed by atoms with Crippen LogP contribution in [0.15, 0.2) is 30.6 Å². The average Bonchev–Trinajstić information content (AvgIpc) is 2.34. The van der Waals surface area contributed by atoms with Crippen LogP contribution in [0.25, 0.3) is 16.6 Å². The Kier molecular flexibility index (Phi) is 3.05. The summed E-state index contributed by atoms with van der Waals surface area (Å²) in [6, 6.07) is 3.89. The van der Waals surface area contributed by atoms with Crippen molar-refractivity contribution >= 4 is 22.3 Å². The second kappa shape index (κ2) is 4.55. The van der Waals surface area contributed by atoms with E-state index in [-0.39, 0.29) is 10.8 Å². The molecule has 0 fully saturated rings. The van der Waals surface area contributed by atoms with Crippen LogP contribution in [0.2, 0.25) is 0 Å². The molecule has 110 valence electrons. The second-order valence-electron chi connectivity index (χ2n) is 7.63. The van der Waals surface area contributed by atoms with Crippen LogP contribution in [0.4, 0.5) is 5.69 Å². The molecule has 0 atom stereocenters. The molecule has 0 bridgehead atoms. The van der Waals surface area contributed by atoms with E-state index in [0.717, 1.165) is 28.7 Å². The van der Waals surface area contributed by atoms with Gasteiger partial charge >= 0.3 is 0 Å². The maximum Gasteiger partial charge on any atom is 0.0982 e. The van der Waals surface area contributed by atoms with Crippen molar-refractivity contribution in [3.8, 4) is 0 Å². The van der Waals surface area contributed by atoms with Crippen LogP contribution in [-0.2, 0) is 0 Å². The van der Waals surface area contributed by atoms with E-state index in [9.17, 15) is 0 Å². The molecule has 2 aromatic rings. The van der Waals surface area contributed by atoms with Crippen LogP contribution in [0, 0.1) is 10.8 Å². The number of allylic oxidation sites excluding steroid dienone is 2. The molecule has 1 aromatic carbocycles. The van der Waals surface area contributed by atoms with Crippen molar-refractivity contribution in [1.82, 2.24) is 9.97 Å². The zero-order chi connectivity index (χ0) is 15.3. The van der Waals surface area contributed by atoms with Crippen LogP contribution < -0.4 is 5.73 Å². The normalized spacial score (nSPS) is 20.3. The molecule has 1 heterocycles. The third kappa shape index (κ3) is 2.65. The first-order valence-corrected chi connectivity index (χ1v) is 7.49. The van der Waals surface area contributed by atoms with E-state index in [0.29, 0.717) is 0 Å². The molecule has 1 aliphatic rings. The quantitative estimate of drug-likeness (QED) is 0.786. The number of rotatable bonds is 1. The van der Waals surface area contributed by atoms with Crippen LogP contribution in [0.5, 0.6) is 0 Å². The van der Waals surface area contributed by atoms with E-state index in [4.69, 9.17) is 5.73 Å². The number of nitrogens with two attached hydrogens (primary N) is 1. The van der Waals surface area contributed by atoms with E-state index in [1.807, 2.05) is 12.1 Å². The highest BCUT2D eigenvalue weighted by Crippen LogP contribution is 2.48. The fraction of sp³-hybridized carbons (Fsp3) is 0.444. The molecule has 3 heteroatoms. The summed E-state index contributed by atoms with van der Waals surface area (Å²) in [6.45, 7) is 9.24. The van der Waals surface area contributed by atoms with Gasteiger partial charge < -0.3 is 5.73 Å². The van der Waals surface area contributed by atoms with Gasteiger partial charge in [-0.25, -0.2) is 0 Å². The molecule has 0 radical (unpaired) electrons. The lowest BCUT2D eigenvalue weighted by Gasteiger charge is -2.39. The highest BCUT2D eigenvalue weighted by atomic mass is 14.8. The molecule has 0 spiro atoms. The Balaban J connectivity index is 2.25. The minimum Gasteiger partial charge on any atom is -0.398 e.